The van der Waals surface area contributed by atoms with Gasteiger partial charge >= 0.3 is 5.97 Å². The van der Waals surface area contributed by atoms with Crippen molar-refractivity contribution in [2.75, 3.05) is 13.2 Å². The molecule has 0 aromatic carbocycles. The van der Waals surface area contributed by atoms with Gasteiger partial charge < -0.3 is 10.1 Å². The molecular weight excluding hydrogens is 244 g/mol. The maximum absolute atomic E-state index is 11.1. The van der Waals surface area contributed by atoms with Gasteiger partial charge in [-0.25, -0.2) is 9.67 Å². The molecule has 19 heavy (non-hydrogen) atoms. The molecule has 1 N–H and O–H groups in total. The summed E-state index contributed by atoms with van der Waals surface area (Å²) in [6.45, 7) is 8.89. The Labute approximate surface area is 114 Å². The van der Waals surface area contributed by atoms with Crippen molar-refractivity contribution in [2.45, 2.75) is 46.7 Å². The minimum Gasteiger partial charge on any atom is -0.466 e. The van der Waals surface area contributed by atoms with Crippen molar-refractivity contribution in [3.8, 4) is 0 Å². The zero-order valence-electron chi connectivity index (χ0n) is 12.1. The highest BCUT2D eigenvalue weighted by molar-refractivity contribution is 5.69. The summed E-state index contributed by atoms with van der Waals surface area (Å²) in [6, 6.07) is 0. The monoisotopic (exact) mass is 268 g/mol. The SMILES string of the molecule is CCOC(=O)CCCNCc1ncnn1CC(C)C. The van der Waals surface area contributed by atoms with E-state index < -0.39 is 0 Å². The Kier molecular flexibility index (Phi) is 7.10. The van der Waals surface area contributed by atoms with Crippen LogP contribution in [-0.2, 0) is 22.6 Å². The minimum absolute atomic E-state index is 0.132. The van der Waals surface area contributed by atoms with E-state index in [0.29, 0.717) is 25.5 Å². The molecule has 1 aromatic heterocycles. The Morgan fingerprint density at radius 1 is 1.53 bits per heavy atom. The number of nitrogens with one attached hydrogen (secondary N) is 1. The highest BCUT2D eigenvalue weighted by atomic mass is 16.5. The molecule has 0 saturated carbocycles. The lowest BCUT2D eigenvalue weighted by atomic mass is 10.2. The Morgan fingerprint density at radius 3 is 3.00 bits per heavy atom. The number of esters is 1. The zero-order valence-corrected chi connectivity index (χ0v) is 12.1. The molecule has 0 atom stereocenters. The first-order valence-electron chi connectivity index (χ1n) is 6.86. The van der Waals surface area contributed by atoms with E-state index in [-0.39, 0.29) is 5.97 Å². The first-order chi connectivity index (χ1) is 9.13. The van der Waals surface area contributed by atoms with E-state index in [1.54, 1.807) is 6.33 Å². The molecule has 0 aliphatic heterocycles. The molecule has 108 valence electrons. The molecule has 6 nitrogen and oxygen atoms in total. The van der Waals surface area contributed by atoms with Gasteiger partial charge in [0.15, 0.2) is 0 Å². The molecule has 6 heteroatoms. The summed E-state index contributed by atoms with van der Waals surface area (Å²) < 4.78 is 6.78. The van der Waals surface area contributed by atoms with E-state index in [4.69, 9.17) is 4.74 Å². The molecule has 0 aliphatic rings. The third kappa shape index (κ3) is 6.33. The van der Waals surface area contributed by atoms with Gasteiger partial charge in [0.05, 0.1) is 13.2 Å². The van der Waals surface area contributed by atoms with Crippen molar-refractivity contribution in [3.63, 3.8) is 0 Å². The molecular formula is C13H24N4O2. The van der Waals surface area contributed by atoms with Gasteiger partial charge in [0.25, 0.3) is 0 Å². The first kappa shape index (κ1) is 15.6. The van der Waals surface area contributed by atoms with Crippen LogP contribution in [0, 0.1) is 5.92 Å². The zero-order chi connectivity index (χ0) is 14.1. The van der Waals surface area contributed by atoms with Gasteiger partial charge in [0, 0.05) is 13.0 Å². The number of hydrogen-bond acceptors (Lipinski definition) is 5. The van der Waals surface area contributed by atoms with Crippen LogP contribution >= 0.6 is 0 Å². The van der Waals surface area contributed by atoms with Crippen molar-refractivity contribution in [2.24, 2.45) is 5.92 Å². The first-order valence-corrected chi connectivity index (χ1v) is 6.86. The fraction of sp³-hybridized carbons (Fsp3) is 0.769. The second kappa shape index (κ2) is 8.63. The molecule has 0 aliphatic carbocycles. The summed E-state index contributed by atoms with van der Waals surface area (Å²) in [5, 5.41) is 7.47. The number of aromatic nitrogens is 3. The van der Waals surface area contributed by atoms with Gasteiger partial charge in [-0.15, -0.1) is 0 Å². The lowest BCUT2D eigenvalue weighted by molar-refractivity contribution is -0.143. The predicted octanol–water partition coefficient (Wildman–Crippen LogP) is 1.37. The Balaban J connectivity index is 2.19. The van der Waals surface area contributed by atoms with Gasteiger partial charge in [-0.3, -0.25) is 4.79 Å². The highest BCUT2D eigenvalue weighted by Gasteiger charge is 2.06. The molecule has 0 bridgehead atoms. The normalized spacial score (nSPS) is 10.9. The molecule has 1 aromatic rings. The Bertz CT molecular complexity index is 376. The molecule has 1 heterocycles. The molecule has 1 rings (SSSR count). The van der Waals surface area contributed by atoms with Crippen LogP contribution in [0.1, 0.15) is 39.4 Å². The molecule has 0 spiro atoms. The van der Waals surface area contributed by atoms with Crippen LogP contribution < -0.4 is 5.32 Å². The van der Waals surface area contributed by atoms with Gasteiger partial charge in [-0.05, 0) is 25.8 Å². The van der Waals surface area contributed by atoms with Crippen LogP contribution in [0.4, 0.5) is 0 Å². The summed E-state index contributed by atoms with van der Waals surface area (Å²) in [4.78, 5) is 15.4. The summed E-state index contributed by atoms with van der Waals surface area (Å²) in [6.07, 6.45) is 2.81. The van der Waals surface area contributed by atoms with Gasteiger partial charge in [0.2, 0.25) is 0 Å². The van der Waals surface area contributed by atoms with E-state index in [1.165, 1.54) is 0 Å². The fourth-order valence-corrected chi connectivity index (χ4v) is 1.71. The predicted molar refractivity (Wildman–Crippen MR) is 72.4 cm³/mol. The molecule has 0 fully saturated rings. The molecule has 0 saturated heterocycles. The third-order valence-corrected chi connectivity index (χ3v) is 2.56. The van der Waals surface area contributed by atoms with E-state index in [2.05, 4.69) is 29.2 Å². The van der Waals surface area contributed by atoms with Gasteiger partial charge in [0.1, 0.15) is 12.2 Å². The van der Waals surface area contributed by atoms with E-state index in [1.807, 2.05) is 11.6 Å². The van der Waals surface area contributed by atoms with Crippen molar-refractivity contribution in [1.29, 1.82) is 0 Å². The number of nitrogens with zero attached hydrogens (tertiary/aromatic N) is 3. The number of rotatable bonds is 9. The van der Waals surface area contributed by atoms with E-state index >= 15 is 0 Å². The topological polar surface area (TPSA) is 69.0 Å². The highest BCUT2D eigenvalue weighted by Crippen LogP contribution is 2.01. The largest absolute Gasteiger partial charge is 0.466 e. The maximum Gasteiger partial charge on any atom is 0.305 e. The van der Waals surface area contributed by atoms with Crippen molar-refractivity contribution in [1.82, 2.24) is 20.1 Å². The summed E-state index contributed by atoms with van der Waals surface area (Å²) in [7, 11) is 0. The minimum atomic E-state index is -0.132. The molecule has 0 amide bonds. The Hall–Kier alpha value is -1.43. The van der Waals surface area contributed by atoms with Crippen LogP contribution in [0.25, 0.3) is 0 Å². The summed E-state index contributed by atoms with van der Waals surface area (Å²) in [5.74, 6) is 1.35. The number of ether oxygens (including phenoxy) is 1. The second-order valence-corrected chi connectivity index (χ2v) is 4.84. The smallest absolute Gasteiger partial charge is 0.305 e. The summed E-state index contributed by atoms with van der Waals surface area (Å²) >= 11 is 0. The second-order valence-electron chi connectivity index (χ2n) is 4.84. The lowest BCUT2D eigenvalue weighted by Crippen LogP contribution is -2.20. The van der Waals surface area contributed by atoms with Crippen LogP contribution in [0.3, 0.4) is 0 Å². The van der Waals surface area contributed by atoms with Crippen molar-refractivity contribution in [3.05, 3.63) is 12.2 Å². The Morgan fingerprint density at radius 2 is 2.32 bits per heavy atom. The maximum atomic E-state index is 11.1. The molecule has 0 radical (unpaired) electrons. The van der Waals surface area contributed by atoms with Crippen molar-refractivity contribution >= 4 is 5.97 Å². The average molecular weight is 268 g/mol. The number of carbonyl (C=O) groups excluding carboxylic acids is 1. The van der Waals surface area contributed by atoms with Crippen LogP contribution in [0.5, 0.6) is 0 Å². The van der Waals surface area contributed by atoms with Crippen LogP contribution in [0.15, 0.2) is 6.33 Å². The fourth-order valence-electron chi connectivity index (χ4n) is 1.71. The third-order valence-electron chi connectivity index (χ3n) is 2.56. The number of hydrogen-bond donors (Lipinski definition) is 1. The van der Waals surface area contributed by atoms with Crippen molar-refractivity contribution < 1.29 is 9.53 Å². The summed E-state index contributed by atoms with van der Waals surface area (Å²) in [5.41, 5.74) is 0. The molecule has 0 unspecified atom stereocenters. The van der Waals surface area contributed by atoms with E-state index in [0.717, 1.165) is 25.3 Å². The quantitative estimate of drug-likeness (QED) is 0.541. The van der Waals surface area contributed by atoms with E-state index in [9.17, 15) is 4.79 Å². The van der Waals surface area contributed by atoms with Gasteiger partial charge in [-0.1, -0.05) is 13.8 Å². The average Bonchev–Trinajstić information content (AvgIpc) is 2.76. The van der Waals surface area contributed by atoms with Crippen LogP contribution in [0.2, 0.25) is 0 Å². The van der Waals surface area contributed by atoms with Crippen LogP contribution in [-0.4, -0.2) is 33.9 Å². The standard InChI is InChI=1S/C13H24N4O2/c1-4-19-13(18)6-5-7-14-8-12-15-10-16-17(12)9-11(2)3/h10-11,14H,4-9H2,1-3H3. The van der Waals surface area contributed by atoms with Gasteiger partial charge in [-0.2, -0.15) is 5.10 Å². The number of carbonyl (C=O) groups is 1. The lowest BCUT2D eigenvalue weighted by Gasteiger charge is -2.09.